The molecule has 0 saturated heterocycles. The van der Waals surface area contributed by atoms with Gasteiger partial charge in [-0.25, -0.2) is 4.98 Å². The third-order valence-electron chi connectivity index (χ3n) is 3.00. The lowest BCUT2D eigenvalue weighted by atomic mass is 9.85. The molecule has 0 aromatic carbocycles. The summed E-state index contributed by atoms with van der Waals surface area (Å²) in [6.45, 7) is 0. The van der Waals surface area contributed by atoms with Gasteiger partial charge in [-0.05, 0) is 30.9 Å². The molecule has 17 heavy (non-hydrogen) atoms. The van der Waals surface area contributed by atoms with Crippen LogP contribution in [0.1, 0.15) is 23.2 Å². The summed E-state index contributed by atoms with van der Waals surface area (Å²) < 4.78 is 37.8. The summed E-state index contributed by atoms with van der Waals surface area (Å²) in [5, 5.41) is 8.75. The van der Waals surface area contributed by atoms with Crippen LogP contribution in [0.15, 0.2) is 6.07 Å². The van der Waals surface area contributed by atoms with E-state index in [0.717, 1.165) is 0 Å². The summed E-state index contributed by atoms with van der Waals surface area (Å²) in [6.07, 6.45) is -4.00. The molecule has 1 aliphatic rings. The number of nitrogen functional groups attached to an aromatic ring is 1. The van der Waals surface area contributed by atoms with Crippen molar-refractivity contribution < 1.29 is 13.2 Å². The Balaban J connectivity index is 2.35. The van der Waals surface area contributed by atoms with E-state index in [1.807, 2.05) is 6.07 Å². The number of aromatic nitrogens is 1. The first kappa shape index (κ1) is 11.7. The lowest BCUT2D eigenvalue weighted by Gasteiger charge is -2.26. The van der Waals surface area contributed by atoms with Crippen molar-refractivity contribution in [1.29, 1.82) is 5.26 Å². The van der Waals surface area contributed by atoms with Crippen LogP contribution in [0.25, 0.3) is 0 Å². The number of aryl methyl sites for hydroxylation is 1. The van der Waals surface area contributed by atoms with Crippen LogP contribution in [-0.2, 0) is 12.8 Å². The first-order chi connectivity index (χ1) is 7.91. The van der Waals surface area contributed by atoms with Gasteiger partial charge in [0.1, 0.15) is 11.9 Å². The van der Waals surface area contributed by atoms with E-state index in [9.17, 15) is 13.2 Å². The molecule has 2 rings (SSSR count). The fraction of sp³-hybridized carbons (Fsp3) is 0.455. The van der Waals surface area contributed by atoms with Crippen LogP contribution in [-0.4, -0.2) is 11.2 Å². The minimum absolute atomic E-state index is 0.0365. The van der Waals surface area contributed by atoms with Gasteiger partial charge in [-0.15, -0.1) is 0 Å². The van der Waals surface area contributed by atoms with Crippen molar-refractivity contribution in [3.8, 4) is 6.07 Å². The van der Waals surface area contributed by atoms with E-state index in [0.29, 0.717) is 11.3 Å². The predicted molar refractivity (Wildman–Crippen MR) is 54.9 cm³/mol. The lowest BCUT2D eigenvalue weighted by molar-refractivity contribution is -0.177. The van der Waals surface area contributed by atoms with Crippen molar-refractivity contribution >= 4 is 5.82 Å². The van der Waals surface area contributed by atoms with Crippen LogP contribution in [0.2, 0.25) is 0 Å². The van der Waals surface area contributed by atoms with Gasteiger partial charge in [0, 0.05) is 5.69 Å². The zero-order valence-electron chi connectivity index (χ0n) is 8.88. The fourth-order valence-corrected chi connectivity index (χ4v) is 2.05. The van der Waals surface area contributed by atoms with Gasteiger partial charge >= 0.3 is 6.18 Å². The number of halogens is 3. The summed E-state index contributed by atoms with van der Waals surface area (Å²) in [7, 11) is 0. The monoisotopic (exact) mass is 241 g/mol. The molecular formula is C11H10F3N3. The Labute approximate surface area is 96.1 Å². The topological polar surface area (TPSA) is 62.7 Å². The van der Waals surface area contributed by atoms with Crippen LogP contribution in [0, 0.1) is 17.2 Å². The Bertz CT molecular complexity index is 488. The Hall–Kier alpha value is -1.77. The minimum atomic E-state index is -4.19. The largest absolute Gasteiger partial charge is 0.392 e. The van der Waals surface area contributed by atoms with E-state index in [4.69, 9.17) is 11.0 Å². The number of nitrogens with two attached hydrogens (primary N) is 1. The number of pyridine rings is 1. The lowest BCUT2D eigenvalue weighted by Crippen LogP contribution is -2.29. The molecule has 3 nitrogen and oxygen atoms in total. The second-order valence-corrected chi connectivity index (χ2v) is 4.12. The molecule has 0 fully saturated rings. The quantitative estimate of drug-likeness (QED) is 0.757. The molecule has 0 radical (unpaired) electrons. The zero-order chi connectivity index (χ0) is 12.6. The predicted octanol–water partition coefficient (Wildman–Crippen LogP) is 2.20. The molecule has 1 unspecified atom stereocenters. The SMILES string of the molecule is N#Cc1cc2c(nc1N)CCC(C(F)(F)F)C2. The van der Waals surface area contributed by atoms with Crippen molar-refractivity contribution in [3.05, 3.63) is 22.9 Å². The third-order valence-corrected chi connectivity index (χ3v) is 3.00. The highest BCUT2D eigenvalue weighted by Crippen LogP contribution is 2.37. The summed E-state index contributed by atoms with van der Waals surface area (Å²) in [5.74, 6) is -1.25. The van der Waals surface area contributed by atoms with Gasteiger partial charge in [0.05, 0.1) is 11.5 Å². The van der Waals surface area contributed by atoms with E-state index in [1.165, 1.54) is 6.07 Å². The highest BCUT2D eigenvalue weighted by molar-refractivity contribution is 5.51. The van der Waals surface area contributed by atoms with E-state index < -0.39 is 12.1 Å². The Morgan fingerprint density at radius 1 is 1.47 bits per heavy atom. The molecule has 0 aliphatic heterocycles. The second-order valence-electron chi connectivity index (χ2n) is 4.12. The number of nitriles is 1. The van der Waals surface area contributed by atoms with Gasteiger partial charge in [-0.1, -0.05) is 0 Å². The number of anilines is 1. The zero-order valence-corrected chi connectivity index (χ0v) is 8.88. The van der Waals surface area contributed by atoms with Crippen molar-refractivity contribution in [3.63, 3.8) is 0 Å². The average molecular weight is 241 g/mol. The molecule has 0 saturated carbocycles. The Morgan fingerprint density at radius 2 is 2.18 bits per heavy atom. The van der Waals surface area contributed by atoms with Gasteiger partial charge in [0.2, 0.25) is 0 Å². The van der Waals surface area contributed by atoms with Gasteiger partial charge < -0.3 is 5.73 Å². The summed E-state index contributed by atoms with van der Waals surface area (Å²) in [5.41, 5.74) is 6.74. The minimum Gasteiger partial charge on any atom is -0.383 e. The standard InChI is InChI=1S/C11H10F3N3/c12-11(13,14)8-1-2-9-6(4-8)3-7(5-15)10(16)17-9/h3,8H,1-2,4H2,(H2,16,17). The normalized spacial score (nSPS) is 19.5. The Morgan fingerprint density at radius 3 is 2.76 bits per heavy atom. The number of rotatable bonds is 0. The molecule has 0 bridgehead atoms. The summed E-state index contributed by atoms with van der Waals surface area (Å²) in [4.78, 5) is 3.99. The van der Waals surface area contributed by atoms with Crippen LogP contribution < -0.4 is 5.73 Å². The smallest absolute Gasteiger partial charge is 0.383 e. The molecule has 90 valence electrons. The summed E-state index contributed by atoms with van der Waals surface area (Å²) in [6, 6.07) is 3.26. The van der Waals surface area contributed by atoms with Crippen molar-refractivity contribution in [1.82, 2.24) is 4.98 Å². The highest BCUT2D eigenvalue weighted by Gasteiger charge is 2.41. The fourth-order valence-electron chi connectivity index (χ4n) is 2.05. The number of hydrogen-bond donors (Lipinski definition) is 1. The van der Waals surface area contributed by atoms with Crippen LogP contribution in [0.3, 0.4) is 0 Å². The maximum Gasteiger partial charge on any atom is 0.392 e. The van der Waals surface area contributed by atoms with Crippen LogP contribution in [0.5, 0.6) is 0 Å². The summed E-state index contributed by atoms with van der Waals surface area (Å²) >= 11 is 0. The van der Waals surface area contributed by atoms with E-state index in [2.05, 4.69) is 4.98 Å². The number of hydrogen-bond acceptors (Lipinski definition) is 3. The molecule has 0 amide bonds. The first-order valence-electron chi connectivity index (χ1n) is 5.17. The molecule has 0 spiro atoms. The van der Waals surface area contributed by atoms with E-state index in [-0.39, 0.29) is 30.6 Å². The molecule has 1 aliphatic carbocycles. The second kappa shape index (κ2) is 3.91. The van der Waals surface area contributed by atoms with Crippen LogP contribution in [0.4, 0.5) is 19.0 Å². The number of alkyl halides is 3. The number of nitrogens with zero attached hydrogens (tertiary/aromatic N) is 2. The van der Waals surface area contributed by atoms with Gasteiger partial charge in [0.15, 0.2) is 0 Å². The third kappa shape index (κ3) is 2.18. The first-order valence-corrected chi connectivity index (χ1v) is 5.17. The maximum absolute atomic E-state index is 12.6. The molecule has 1 aromatic rings. The molecule has 1 heterocycles. The molecule has 1 aromatic heterocycles. The van der Waals surface area contributed by atoms with Crippen molar-refractivity contribution in [2.24, 2.45) is 5.92 Å². The van der Waals surface area contributed by atoms with Gasteiger partial charge in [-0.3, -0.25) is 0 Å². The molecular weight excluding hydrogens is 231 g/mol. The maximum atomic E-state index is 12.6. The highest BCUT2D eigenvalue weighted by atomic mass is 19.4. The molecule has 2 N–H and O–H groups in total. The van der Waals surface area contributed by atoms with Crippen LogP contribution >= 0.6 is 0 Å². The molecule has 1 atom stereocenters. The number of fused-ring (bicyclic) bond motifs is 1. The van der Waals surface area contributed by atoms with E-state index >= 15 is 0 Å². The van der Waals surface area contributed by atoms with Crippen molar-refractivity contribution in [2.75, 3.05) is 5.73 Å². The van der Waals surface area contributed by atoms with Gasteiger partial charge in [-0.2, -0.15) is 18.4 Å². The average Bonchev–Trinajstić information content (AvgIpc) is 2.26. The van der Waals surface area contributed by atoms with E-state index in [1.54, 1.807) is 0 Å². The van der Waals surface area contributed by atoms with Crippen molar-refractivity contribution in [2.45, 2.75) is 25.4 Å². The Kier molecular flexibility index (Phi) is 2.69. The molecule has 6 heteroatoms. The van der Waals surface area contributed by atoms with Gasteiger partial charge in [0.25, 0.3) is 0 Å².